The minimum absolute atomic E-state index is 0.110. The lowest BCUT2D eigenvalue weighted by Crippen LogP contribution is -2.10. The van der Waals surface area contributed by atoms with Gasteiger partial charge in [-0.1, -0.05) is 6.92 Å². The molecule has 0 aliphatic heterocycles. The lowest BCUT2D eigenvalue weighted by atomic mass is 10.2. The number of hydrogen-bond donors (Lipinski definition) is 1. The van der Waals surface area contributed by atoms with Gasteiger partial charge in [-0.3, -0.25) is 10.1 Å². The van der Waals surface area contributed by atoms with E-state index in [1.807, 2.05) is 6.92 Å². The van der Waals surface area contributed by atoms with E-state index in [1.54, 1.807) is 30.9 Å². The molecule has 0 radical (unpaired) electrons. The number of anilines is 1. The molecule has 0 aliphatic carbocycles. The van der Waals surface area contributed by atoms with Crippen LogP contribution in [-0.4, -0.2) is 31.0 Å². The van der Waals surface area contributed by atoms with Crippen molar-refractivity contribution in [2.45, 2.75) is 20.3 Å². The fourth-order valence-electron chi connectivity index (χ4n) is 1.85. The molecule has 106 valence electrons. The minimum atomic E-state index is -0.469. The molecule has 1 N–H and O–H groups in total. The van der Waals surface area contributed by atoms with Gasteiger partial charge in [0.05, 0.1) is 4.92 Å². The molecule has 0 unspecified atom stereocenters. The van der Waals surface area contributed by atoms with Crippen molar-refractivity contribution >= 4 is 11.6 Å². The largest absolute Gasteiger partial charge is 0.354 e. The van der Waals surface area contributed by atoms with E-state index in [0.717, 1.165) is 6.42 Å². The van der Waals surface area contributed by atoms with Crippen LogP contribution in [0.5, 0.6) is 0 Å². The second-order valence-corrected chi connectivity index (χ2v) is 4.38. The van der Waals surface area contributed by atoms with Crippen LogP contribution in [0.3, 0.4) is 0 Å². The van der Waals surface area contributed by atoms with Crippen LogP contribution in [0.2, 0.25) is 0 Å². The Kier molecular flexibility index (Phi) is 3.92. The molecule has 2 aromatic rings. The van der Waals surface area contributed by atoms with E-state index >= 15 is 0 Å². The number of hydrogen-bond acceptors (Lipinski definition) is 6. The number of aryl methyl sites for hydroxylation is 2. The summed E-state index contributed by atoms with van der Waals surface area (Å²) in [7, 11) is 1.77. The highest BCUT2D eigenvalue weighted by molar-refractivity contribution is 5.67. The molecule has 8 nitrogen and oxygen atoms in total. The Hall–Kier alpha value is -2.51. The maximum absolute atomic E-state index is 11.2. The van der Waals surface area contributed by atoms with Gasteiger partial charge >= 0.3 is 5.69 Å². The molecular weight excluding hydrogens is 260 g/mol. The van der Waals surface area contributed by atoms with Crippen molar-refractivity contribution in [1.82, 2.24) is 19.5 Å². The van der Waals surface area contributed by atoms with Crippen LogP contribution in [0.25, 0.3) is 11.5 Å². The fourth-order valence-corrected chi connectivity index (χ4v) is 1.85. The summed E-state index contributed by atoms with van der Waals surface area (Å²) in [5.41, 5.74) is 0.441. The van der Waals surface area contributed by atoms with Crippen molar-refractivity contribution in [1.29, 1.82) is 0 Å². The summed E-state index contributed by atoms with van der Waals surface area (Å²) < 4.78 is 1.69. The van der Waals surface area contributed by atoms with Crippen LogP contribution >= 0.6 is 0 Å². The maximum atomic E-state index is 11.2. The number of nitro groups is 1. The SMILES string of the molecule is CCCNc1nc(C)c([N+](=O)[O-])c(-c2nccn2C)n1. The molecule has 0 fully saturated rings. The molecule has 0 spiro atoms. The Morgan fingerprint density at radius 1 is 1.45 bits per heavy atom. The molecule has 2 heterocycles. The van der Waals surface area contributed by atoms with Crippen molar-refractivity contribution in [2.75, 3.05) is 11.9 Å². The highest BCUT2D eigenvalue weighted by Crippen LogP contribution is 2.29. The van der Waals surface area contributed by atoms with Crippen molar-refractivity contribution in [3.05, 3.63) is 28.2 Å². The van der Waals surface area contributed by atoms with E-state index in [-0.39, 0.29) is 11.4 Å². The van der Waals surface area contributed by atoms with Gasteiger partial charge < -0.3 is 9.88 Å². The minimum Gasteiger partial charge on any atom is -0.354 e. The third-order valence-corrected chi connectivity index (χ3v) is 2.81. The molecule has 0 saturated heterocycles. The second-order valence-electron chi connectivity index (χ2n) is 4.38. The van der Waals surface area contributed by atoms with Crippen LogP contribution < -0.4 is 5.32 Å². The summed E-state index contributed by atoms with van der Waals surface area (Å²) in [6, 6.07) is 0. The maximum Gasteiger partial charge on any atom is 0.319 e. The van der Waals surface area contributed by atoms with Gasteiger partial charge in [0.25, 0.3) is 0 Å². The van der Waals surface area contributed by atoms with E-state index in [4.69, 9.17) is 0 Å². The number of aromatic nitrogens is 4. The Morgan fingerprint density at radius 3 is 2.75 bits per heavy atom. The van der Waals surface area contributed by atoms with Crippen molar-refractivity contribution in [3.8, 4) is 11.5 Å². The second kappa shape index (κ2) is 5.64. The Bertz CT molecular complexity index is 637. The molecule has 2 rings (SSSR count). The van der Waals surface area contributed by atoms with E-state index in [0.29, 0.717) is 24.0 Å². The molecule has 0 bridgehead atoms. The van der Waals surface area contributed by atoms with Gasteiger partial charge in [-0.25, -0.2) is 15.0 Å². The molecule has 0 aliphatic rings. The smallest absolute Gasteiger partial charge is 0.319 e. The predicted octanol–water partition coefficient (Wildman–Crippen LogP) is 1.92. The molecular formula is C12H16N6O2. The number of rotatable bonds is 5. The molecule has 0 atom stereocenters. The van der Waals surface area contributed by atoms with Crippen molar-refractivity contribution in [2.24, 2.45) is 7.05 Å². The third kappa shape index (κ3) is 2.58. The van der Waals surface area contributed by atoms with E-state index < -0.39 is 4.92 Å². The molecule has 20 heavy (non-hydrogen) atoms. The number of nitrogens with zero attached hydrogens (tertiary/aromatic N) is 5. The van der Waals surface area contributed by atoms with E-state index in [2.05, 4.69) is 20.3 Å². The van der Waals surface area contributed by atoms with Gasteiger partial charge in [0, 0.05) is 26.0 Å². The summed E-state index contributed by atoms with van der Waals surface area (Å²) in [5, 5.41) is 14.3. The first-order chi connectivity index (χ1) is 9.54. The first kappa shape index (κ1) is 13.9. The average molecular weight is 276 g/mol. The predicted molar refractivity (Wildman–Crippen MR) is 74.4 cm³/mol. The van der Waals surface area contributed by atoms with E-state index in [9.17, 15) is 10.1 Å². The van der Waals surface area contributed by atoms with Crippen molar-refractivity contribution in [3.63, 3.8) is 0 Å². The molecule has 8 heteroatoms. The van der Waals surface area contributed by atoms with Gasteiger partial charge in [0.15, 0.2) is 11.5 Å². The van der Waals surface area contributed by atoms with Gasteiger partial charge in [-0.2, -0.15) is 0 Å². The molecule has 0 amide bonds. The van der Waals surface area contributed by atoms with Gasteiger partial charge in [0.2, 0.25) is 5.95 Å². The molecule has 0 aromatic carbocycles. The highest BCUT2D eigenvalue weighted by Gasteiger charge is 2.25. The summed E-state index contributed by atoms with van der Waals surface area (Å²) in [4.78, 5) is 23.3. The topological polar surface area (TPSA) is 98.8 Å². The highest BCUT2D eigenvalue weighted by atomic mass is 16.6. The lowest BCUT2D eigenvalue weighted by molar-refractivity contribution is -0.385. The third-order valence-electron chi connectivity index (χ3n) is 2.81. The van der Waals surface area contributed by atoms with Crippen molar-refractivity contribution < 1.29 is 4.92 Å². The average Bonchev–Trinajstić information content (AvgIpc) is 2.81. The summed E-state index contributed by atoms with van der Waals surface area (Å²) in [6.07, 6.45) is 4.21. The van der Waals surface area contributed by atoms with E-state index in [1.165, 1.54) is 0 Å². The zero-order valence-corrected chi connectivity index (χ0v) is 11.6. The normalized spacial score (nSPS) is 10.6. The summed E-state index contributed by atoms with van der Waals surface area (Å²) in [6.45, 7) is 4.32. The zero-order chi connectivity index (χ0) is 14.7. The number of nitrogens with one attached hydrogen (secondary N) is 1. The Balaban J connectivity index is 2.59. The monoisotopic (exact) mass is 276 g/mol. The number of imidazole rings is 1. The van der Waals surface area contributed by atoms with Crippen LogP contribution in [0.1, 0.15) is 19.0 Å². The van der Waals surface area contributed by atoms with Crippen LogP contribution in [-0.2, 0) is 7.05 Å². The van der Waals surface area contributed by atoms with Gasteiger partial charge in [-0.05, 0) is 13.3 Å². The first-order valence-electron chi connectivity index (χ1n) is 6.29. The fraction of sp³-hybridized carbons (Fsp3) is 0.417. The zero-order valence-electron chi connectivity index (χ0n) is 11.6. The van der Waals surface area contributed by atoms with Crippen LogP contribution in [0.4, 0.5) is 11.6 Å². The Labute approximate surface area is 116 Å². The van der Waals surface area contributed by atoms with Gasteiger partial charge in [-0.15, -0.1) is 0 Å². The lowest BCUT2D eigenvalue weighted by Gasteiger charge is -2.08. The van der Waals surface area contributed by atoms with Crippen LogP contribution in [0.15, 0.2) is 12.4 Å². The van der Waals surface area contributed by atoms with Crippen LogP contribution in [0, 0.1) is 17.0 Å². The summed E-state index contributed by atoms with van der Waals surface area (Å²) >= 11 is 0. The molecule has 2 aromatic heterocycles. The van der Waals surface area contributed by atoms with Gasteiger partial charge in [0.1, 0.15) is 5.69 Å². The Morgan fingerprint density at radius 2 is 2.20 bits per heavy atom. The summed E-state index contributed by atoms with van der Waals surface area (Å²) in [5.74, 6) is 0.828. The standard InChI is InChI=1S/C12H16N6O2/c1-4-5-14-12-15-8(2)10(18(19)20)9(16-12)11-13-6-7-17(11)3/h6-7H,4-5H2,1-3H3,(H,14,15,16). The quantitative estimate of drug-likeness (QED) is 0.661. The first-order valence-corrected chi connectivity index (χ1v) is 6.29. The molecule has 0 saturated carbocycles.